The molecule has 7 nitrogen and oxygen atoms in total. The Morgan fingerprint density at radius 2 is 2.33 bits per heavy atom. The molecular formula is C14H22N2O5. The van der Waals surface area contributed by atoms with Gasteiger partial charge in [0.15, 0.2) is 0 Å². The number of hydrogen-bond donors (Lipinski definition) is 2. The fourth-order valence-corrected chi connectivity index (χ4v) is 3.69. The molecular weight excluding hydrogens is 276 g/mol. The van der Waals surface area contributed by atoms with Crippen molar-refractivity contribution in [2.45, 2.75) is 43.4 Å². The summed E-state index contributed by atoms with van der Waals surface area (Å²) in [7, 11) is 0. The Morgan fingerprint density at radius 3 is 3.05 bits per heavy atom. The lowest BCUT2D eigenvalue weighted by Gasteiger charge is -2.46. The zero-order valence-corrected chi connectivity index (χ0v) is 12.0. The van der Waals surface area contributed by atoms with E-state index < -0.39 is 12.0 Å². The maximum absolute atomic E-state index is 12.0. The van der Waals surface area contributed by atoms with Crippen molar-refractivity contribution in [3.05, 3.63) is 0 Å². The highest BCUT2D eigenvalue weighted by molar-refractivity contribution is 5.86. The first-order valence-corrected chi connectivity index (χ1v) is 7.57. The molecule has 21 heavy (non-hydrogen) atoms. The van der Waals surface area contributed by atoms with Crippen LogP contribution >= 0.6 is 0 Å². The number of carboxylic acid groups (broad SMARTS) is 1. The van der Waals surface area contributed by atoms with Gasteiger partial charge in [0.1, 0.15) is 0 Å². The van der Waals surface area contributed by atoms with E-state index in [1.54, 1.807) is 0 Å². The van der Waals surface area contributed by atoms with E-state index in [9.17, 15) is 9.59 Å². The Morgan fingerprint density at radius 1 is 1.48 bits per heavy atom. The van der Waals surface area contributed by atoms with Crippen LogP contribution in [0.5, 0.6) is 0 Å². The summed E-state index contributed by atoms with van der Waals surface area (Å²) in [6, 6.07) is -0.380. The first-order chi connectivity index (χ1) is 10.1. The number of aliphatic carboxylic acids is 1. The molecule has 0 aromatic heterocycles. The summed E-state index contributed by atoms with van der Waals surface area (Å²) in [5.74, 6) is -1.11. The first kappa shape index (κ1) is 14.7. The smallest absolute Gasteiger partial charge is 0.305 e. The third kappa shape index (κ3) is 3.04. The Bertz CT molecular complexity index is 422. The van der Waals surface area contributed by atoms with Gasteiger partial charge in [-0.25, -0.2) is 0 Å². The van der Waals surface area contributed by atoms with Gasteiger partial charge in [0.05, 0.1) is 24.7 Å². The van der Waals surface area contributed by atoms with Gasteiger partial charge in [-0.2, -0.15) is 0 Å². The first-order valence-electron chi connectivity index (χ1n) is 7.57. The van der Waals surface area contributed by atoms with Gasteiger partial charge < -0.3 is 19.9 Å². The van der Waals surface area contributed by atoms with E-state index >= 15 is 0 Å². The number of piperazine rings is 1. The quantitative estimate of drug-likeness (QED) is 0.737. The van der Waals surface area contributed by atoms with Crippen LogP contribution < -0.4 is 5.32 Å². The minimum Gasteiger partial charge on any atom is -0.481 e. The second-order valence-corrected chi connectivity index (χ2v) is 6.12. The van der Waals surface area contributed by atoms with E-state index in [0.717, 1.165) is 19.3 Å². The van der Waals surface area contributed by atoms with Gasteiger partial charge in [-0.15, -0.1) is 0 Å². The van der Waals surface area contributed by atoms with Gasteiger partial charge in [0.25, 0.3) is 0 Å². The standard InChI is InChI=1S/C14H22N2O5/c17-12(18)7-11-13(19)15-3-4-16(11)10-1-5-21-14(8-10)2-6-20-9-14/h10-11H,1-9H2,(H,15,19)(H,17,18). The zero-order valence-electron chi connectivity index (χ0n) is 12.0. The van der Waals surface area contributed by atoms with Crippen molar-refractivity contribution in [3.8, 4) is 0 Å². The van der Waals surface area contributed by atoms with Gasteiger partial charge in [0.2, 0.25) is 5.91 Å². The van der Waals surface area contributed by atoms with E-state index in [4.69, 9.17) is 14.6 Å². The van der Waals surface area contributed by atoms with Crippen molar-refractivity contribution in [3.63, 3.8) is 0 Å². The van der Waals surface area contributed by atoms with Crippen molar-refractivity contribution >= 4 is 11.9 Å². The minimum atomic E-state index is -0.937. The van der Waals surface area contributed by atoms with Gasteiger partial charge in [0, 0.05) is 38.8 Å². The van der Waals surface area contributed by atoms with Gasteiger partial charge >= 0.3 is 5.97 Å². The predicted molar refractivity (Wildman–Crippen MR) is 72.9 cm³/mol. The number of nitrogens with zero attached hydrogens (tertiary/aromatic N) is 1. The Kier molecular flexibility index (Phi) is 4.14. The molecule has 3 aliphatic heterocycles. The summed E-state index contributed by atoms with van der Waals surface area (Å²) in [4.78, 5) is 25.1. The lowest BCUT2D eigenvalue weighted by Crippen LogP contribution is -2.61. The number of carbonyl (C=O) groups is 2. The summed E-state index contributed by atoms with van der Waals surface area (Å²) in [5.41, 5.74) is -0.232. The van der Waals surface area contributed by atoms with Crippen LogP contribution in [0.4, 0.5) is 0 Å². The van der Waals surface area contributed by atoms with Crippen molar-refractivity contribution in [1.82, 2.24) is 10.2 Å². The third-order valence-electron chi connectivity index (χ3n) is 4.74. The van der Waals surface area contributed by atoms with Crippen molar-refractivity contribution < 1.29 is 24.2 Å². The molecule has 3 heterocycles. The van der Waals surface area contributed by atoms with Crippen LogP contribution in [0.2, 0.25) is 0 Å². The van der Waals surface area contributed by atoms with Gasteiger partial charge in [-0.1, -0.05) is 0 Å². The van der Waals surface area contributed by atoms with Crippen LogP contribution in [0, 0.1) is 0 Å². The van der Waals surface area contributed by atoms with Crippen molar-refractivity contribution in [2.75, 3.05) is 32.9 Å². The lowest BCUT2D eigenvalue weighted by atomic mass is 9.87. The van der Waals surface area contributed by atoms with Crippen LogP contribution in [0.25, 0.3) is 0 Å². The monoisotopic (exact) mass is 298 g/mol. The normalized spacial score (nSPS) is 37.6. The van der Waals surface area contributed by atoms with Crippen molar-refractivity contribution in [2.24, 2.45) is 0 Å². The van der Waals surface area contributed by atoms with Gasteiger partial charge in [-0.05, 0) is 12.8 Å². The maximum Gasteiger partial charge on any atom is 0.305 e. The molecule has 0 saturated carbocycles. The molecule has 3 saturated heterocycles. The number of rotatable bonds is 3. The molecule has 3 rings (SSSR count). The number of carbonyl (C=O) groups excluding carboxylic acids is 1. The molecule has 7 heteroatoms. The summed E-state index contributed by atoms with van der Waals surface area (Å²) in [5, 5.41) is 11.8. The molecule has 3 atom stereocenters. The Hall–Kier alpha value is -1.18. The Balaban J connectivity index is 1.73. The van der Waals surface area contributed by atoms with E-state index in [1.165, 1.54) is 0 Å². The molecule has 2 N–H and O–H groups in total. The summed E-state index contributed by atoms with van der Waals surface area (Å²) < 4.78 is 11.4. The second-order valence-electron chi connectivity index (χ2n) is 6.12. The van der Waals surface area contributed by atoms with E-state index in [1.807, 2.05) is 0 Å². The Labute approximate surface area is 123 Å². The topological polar surface area (TPSA) is 88.1 Å². The maximum atomic E-state index is 12.0. The zero-order chi connectivity index (χ0) is 14.9. The van der Waals surface area contributed by atoms with E-state index in [2.05, 4.69) is 10.2 Å². The van der Waals surface area contributed by atoms with Gasteiger partial charge in [-0.3, -0.25) is 14.5 Å². The lowest BCUT2D eigenvalue weighted by molar-refractivity contribution is -0.148. The molecule has 0 aromatic rings. The number of carboxylic acids is 1. The number of ether oxygens (including phenoxy) is 2. The summed E-state index contributed by atoms with van der Waals surface area (Å²) >= 11 is 0. The number of amides is 1. The van der Waals surface area contributed by atoms with Crippen molar-refractivity contribution in [1.29, 1.82) is 0 Å². The SMILES string of the molecule is O=C(O)CC1C(=O)NCCN1C1CCOC2(CCOC2)C1. The van der Waals surface area contributed by atoms with Crippen LogP contribution in [0.1, 0.15) is 25.7 Å². The molecule has 0 aromatic carbocycles. The number of hydrogen-bond acceptors (Lipinski definition) is 5. The molecule has 0 radical (unpaired) electrons. The largest absolute Gasteiger partial charge is 0.481 e. The second kappa shape index (κ2) is 5.90. The van der Waals surface area contributed by atoms with Crippen LogP contribution in [-0.2, 0) is 19.1 Å². The van der Waals surface area contributed by atoms with E-state index in [-0.39, 0.29) is 24.0 Å². The molecule has 0 bridgehead atoms. The number of nitrogens with one attached hydrogen (secondary N) is 1. The molecule has 118 valence electrons. The molecule has 3 unspecified atom stereocenters. The average molecular weight is 298 g/mol. The van der Waals surface area contributed by atoms with Crippen LogP contribution in [-0.4, -0.2) is 72.5 Å². The highest BCUT2D eigenvalue weighted by Crippen LogP contribution is 2.35. The predicted octanol–water partition coefficient (Wildman–Crippen LogP) is -0.400. The molecule has 3 aliphatic rings. The summed E-state index contributed by atoms with van der Waals surface area (Å²) in [6.07, 6.45) is 2.39. The molecule has 1 spiro atoms. The molecule has 3 fully saturated rings. The van der Waals surface area contributed by atoms with Crippen LogP contribution in [0.15, 0.2) is 0 Å². The summed E-state index contributed by atoms with van der Waals surface area (Å²) in [6.45, 7) is 3.24. The highest BCUT2D eigenvalue weighted by Gasteiger charge is 2.45. The average Bonchev–Trinajstić information content (AvgIpc) is 2.88. The highest BCUT2D eigenvalue weighted by atomic mass is 16.6. The third-order valence-corrected chi connectivity index (χ3v) is 4.74. The van der Waals surface area contributed by atoms with Crippen LogP contribution in [0.3, 0.4) is 0 Å². The fourth-order valence-electron chi connectivity index (χ4n) is 3.69. The fraction of sp³-hybridized carbons (Fsp3) is 0.857. The minimum absolute atomic E-state index is 0.146. The van der Waals surface area contributed by atoms with E-state index in [0.29, 0.717) is 32.9 Å². The molecule has 0 aliphatic carbocycles. The molecule has 1 amide bonds.